The van der Waals surface area contributed by atoms with E-state index in [1.807, 2.05) is 35.4 Å². The second-order valence-corrected chi connectivity index (χ2v) is 8.05. The Balaban J connectivity index is 1.40. The van der Waals surface area contributed by atoms with Crippen molar-refractivity contribution in [1.29, 1.82) is 0 Å². The van der Waals surface area contributed by atoms with Gasteiger partial charge in [0.25, 0.3) is 5.91 Å². The van der Waals surface area contributed by atoms with Crippen LogP contribution in [0, 0.1) is 5.92 Å². The standard InChI is InChI=1S/C23H30N4O2/c1-18-7-9-25(10-8-18)20-15-19(16-24-17-20)23(28)27-13-11-26(12-14-27)21-5-3-4-6-22(21)29-2/h3-6,15-18H,7-14H2,1-2H3. The Hall–Kier alpha value is -2.76. The molecule has 2 aliphatic rings. The molecule has 2 aliphatic heterocycles. The molecule has 0 unspecified atom stereocenters. The number of carbonyl (C=O) groups is 1. The summed E-state index contributed by atoms with van der Waals surface area (Å²) in [5.74, 6) is 1.73. The SMILES string of the molecule is COc1ccccc1N1CCN(C(=O)c2cncc(N3CCC(C)CC3)c2)CC1. The lowest BCUT2D eigenvalue weighted by molar-refractivity contribution is 0.0746. The fourth-order valence-electron chi connectivity index (χ4n) is 4.21. The maximum atomic E-state index is 13.1. The summed E-state index contributed by atoms with van der Waals surface area (Å²) in [4.78, 5) is 24.0. The topological polar surface area (TPSA) is 48.9 Å². The molecule has 29 heavy (non-hydrogen) atoms. The van der Waals surface area contributed by atoms with Crippen LogP contribution >= 0.6 is 0 Å². The van der Waals surface area contributed by atoms with Gasteiger partial charge in [0.15, 0.2) is 0 Å². The highest BCUT2D eigenvalue weighted by atomic mass is 16.5. The van der Waals surface area contributed by atoms with Crippen molar-refractivity contribution in [2.75, 3.05) is 56.2 Å². The van der Waals surface area contributed by atoms with Crippen molar-refractivity contribution in [2.24, 2.45) is 5.92 Å². The van der Waals surface area contributed by atoms with Crippen molar-refractivity contribution in [3.8, 4) is 5.75 Å². The van der Waals surface area contributed by atoms with E-state index in [4.69, 9.17) is 4.74 Å². The highest BCUT2D eigenvalue weighted by Gasteiger charge is 2.25. The van der Waals surface area contributed by atoms with Gasteiger partial charge in [-0.3, -0.25) is 9.78 Å². The number of piperidine rings is 1. The quantitative estimate of drug-likeness (QED) is 0.796. The summed E-state index contributed by atoms with van der Waals surface area (Å²) in [6.45, 7) is 7.37. The number of benzene rings is 1. The smallest absolute Gasteiger partial charge is 0.255 e. The number of carbonyl (C=O) groups excluding carboxylic acids is 1. The molecule has 0 radical (unpaired) electrons. The number of rotatable bonds is 4. The van der Waals surface area contributed by atoms with Gasteiger partial charge in [0.05, 0.1) is 30.2 Å². The number of methoxy groups -OCH3 is 1. The van der Waals surface area contributed by atoms with Gasteiger partial charge in [0, 0.05) is 45.5 Å². The van der Waals surface area contributed by atoms with Crippen LogP contribution in [0.3, 0.4) is 0 Å². The molecule has 0 bridgehead atoms. The summed E-state index contributed by atoms with van der Waals surface area (Å²) in [6, 6.07) is 10.1. The van der Waals surface area contributed by atoms with Crippen LogP contribution in [0.5, 0.6) is 5.75 Å². The predicted molar refractivity (Wildman–Crippen MR) is 116 cm³/mol. The monoisotopic (exact) mass is 394 g/mol. The van der Waals surface area contributed by atoms with E-state index in [0.29, 0.717) is 18.7 Å². The Labute approximate surface area is 173 Å². The lowest BCUT2D eigenvalue weighted by Gasteiger charge is -2.37. The number of nitrogens with zero attached hydrogens (tertiary/aromatic N) is 4. The highest BCUT2D eigenvalue weighted by molar-refractivity contribution is 5.95. The zero-order valence-corrected chi connectivity index (χ0v) is 17.4. The molecule has 6 heteroatoms. The van der Waals surface area contributed by atoms with Gasteiger partial charge < -0.3 is 19.4 Å². The number of amides is 1. The van der Waals surface area contributed by atoms with E-state index in [9.17, 15) is 4.79 Å². The second kappa shape index (κ2) is 8.72. The molecule has 0 N–H and O–H groups in total. The van der Waals surface area contributed by atoms with E-state index in [1.54, 1.807) is 13.3 Å². The normalized spacial score (nSPS) is 18.1. The number of hydrogen-bond acceptors (Lipinski definition) is 5. The van der Waals surface area contributed by atoms with E-state index in [0.717, 1.165) is 49.2 Å². The molecule has 3 heterocycles. The Morgan fingerprint density at radius 1 is 1.00 bits per heavy atom. The van der Waals surface area contributed by atoms with E-state index >= 15 is 0 Å². The predicted octanol–water partition coefficient (Wildman–Crippen LogP) is 3.29. The van der Waals surface area contributed by atoms with Crippen LogP contribution in [0.15, 0.2) is 42.7 Å². The molecule has 1 aromatic heterocycles. The highest BCUT2D eigenvalue weighted by Crippen LogP contribution is 2.29. The number of aromatic nitrogens is 1. The molecule has 2 saturated heterocycles. The number of piperazine rings is 1. The number of ether oxygens (including phenoxy) is 1. The summed E-state index contributed by atoms with van der Waals surface area (Å²) in [7, 11) is 1.70. The van der Waals surface area contributed by atoms with Crippen LogP contribution in [0.25, 0.3) is 0 Å². The zero-order valence-electron chi connectivity index (χ0n) is 17.4. The largest absolute Gasteiger partial charge is 0.495 e. The number of anilines is 2. The fourth-order valence-corrected chi connectivity index (χ4v) is 4.21. The first-order chi connectivity index (χ1) is 14.2. The molecular formula is C23H30N4O2. The van der Waals surface area contributed by atoms with Crippen molar-refractivity contribution >= 4 is 17.3 Å². The first-order valence-corrected chi connectivity index (χ1v) is 10.5. The van der Waals surface area contributed by atoms with E-state index < -0.39 is 0 Å². The average molecular weight is 395 g/mol. The van der Waals surface area contributed by atoms with Crippen LogP contribution in [0.2, 0.25) is 0 Å². The molecule has 0 saturated carbocycles. The zero-order chi connectivity index (χ0) is 20.2. The fraction of sp³-hybridized carbons (Fsp3) is 0.478. The van der Waals surface area contributed by atoms with Gasteiger partial charge in [-0.15, -0.1) is 0 Å². The van der Waals surface area contributed by atoms with Crippen LogP contribution in [-0.2, 0) is 0 Å². The molecule has 1 aromatic carbocycles. The Morgan fingerprint density at radius 3 is 2.45 bits per heavy atom. The van der Waals surface area contributed by atoms with Gasteiger partial charge in [-0.25, -0.2) is 0 Å². The van der Waals surface area contributed by atoms with E-state index in [1.165, 1.54) is 12.8 Å². The van der Waals surface area contributed by atoms with E-state index in [2.05, 4.69) is 27.8 Å². The lowest BCUT2D eigenvalue weighted by Crippen LogP contribution is -2.49. The minimum Gasteiger partial charge on any atom is -0.495 e. The third-order valence-electron chi connectivity index (χ3n) is 6.11. The average Bonchev–Trinajstić information content (AvgIpc) is 2.79. The Kier molecular flexibility index (Phi) is 5.88. The van der Waals surface area contributed by atoms with Gasteiger partial charge in [0.1, 0.15) is 5.75 Å². The van der Waals surface area contributed by atoms with Crippen LogP contribution in [0.4, 0.5) is 11.4 Å². The number of pyridine rings is 1. The summed E-state index contributed by atoms with van der Waals surface area (Å²) in [5.41, 5.74) is 2.84. The second-order valence-electron chi connectivity index (χ2n) is 8.05. The molecule has 0 aliphatic carbocycles. The van der Waals surface area contributed by atoms with Crippen molar-refractivity contribution in [2.45, 2.75) is 19.8 Å². The van der Waals surface area contributed by atoms with Gasteiger partial charge in [-0.05, 0) is 37.0 Å². The summed E-state index contributed by atoms with van der Waals surface area (Å²) in [6.07, 6.45) is 5.98. The molecule has 6 nitrogen and oxygen atoms in total. The molecule has 0 atom stereocenters. The minimum absolute atomic E-state index is 0.0735. The van der Waals surface area contributed by atoms with Crippen LogP contribution in [-0.4, -0.2) is 62.2 Å². The summed E-state index contributed by atoms with van der Waals surface area (Å²) >= 11 is 0. The van der Waals surface area contributed by atoms with Crippen molar-refractivity contribution in [3.63, 3.8) is 0 Å². The van der Waals surface area contributed by atoms with Gasteiger partial charge >= 0.3 is 0 Å². The van der Waals surface area contributed by atoms with Gasteiger partial charge in [-0.1, -0.05) is 19.1 Å². The number of para-hydroxylation sites is 2. The first kappa shape index (κ1) is 19.6. The van der Waals surface area contributed by atoms with Gasteiger partial charge in [-0.2, -0.15) is 0 Å². The van der Waals surface area contributed by atoms with Crippen LogP contribution < -0.4 is 14.5 Å². The number of hydrogen-bond donors (Lipinski definition) is 0. The lowest BCUT2D eigenvalue weighted by atomic mass is 9.99. The molecule has 2 aromatic rings. The van der Waals surface area contributed by atoms with Crippen molar-refractivity contribution in [3.05, 3.63) is 48.3 Å². The third-order valence-corrected chi connectivity index (χ3v) is 6.11. The molecule has 2 fully saturated rings. The van der Waals surface area contributed by atoms with Crippen molar-refractivity contribution in [1.82, 2.24) is 9.88 Å². The Bertz CT molecular complexity index is 840. The Morgan fingerprint density at radius 2 is 1.72 bits per heavy atom. The molecule has 4 rings (SSSR count). The van der Waals surface area contributed by atoms with Crippen molar-refractivity contribution < 1.29 is 9.53 Å². The minimum atomic E-state index is 0.0735. The third kappa shape index (κ3) is 4.31. The molecule has 0 spiro atoms. The first-order valence-electron chi connectivity index (χ1n) is 10.5. The van der Waals surface area contributed by atoms with Gasteiger partial charge in [0.2, 0.25) is 0 Å². The molecule has 1 amide bonds. The molecule has 154 valence electrons. The molecular weight excluding hydrogens is 364 g/mol. The summed E-state index contributed by atoms with van der Waals surface area (Å²) < 4.78 is 5.48. The maximum absolute atomic E-state index is 13.1. The van der Waals surface area contributed by atoms with E-state index in [-0.39, 0.29) is 5.91 Å². The maximum Gasteiger partial charge on any atom is 0.255 e. The summed E-state index contributed by atoms with van der Waals surface area (Å²) in [5, 5.41) is 0. The van der Waals surface area contributed by atoms with Crippen LogP contribution in [0.1, 0.15) is 30.1 Å².